The molecule has 1 aromatic heterocycles. The number of aromatic nitrogens is 3. The zero-order chi connectivity index (χ0) is 7.40. The summed E-state index contributed by atoms with van der Waals surface area (Å²) in [7, 11) is 0. The van der Waals surface area contributed by atoms with Gasteiger partial charge in [0.25, 0.3) is 0 Å². The van der Waals surface area contributed by atoms with Crippen molar-refractivity contribution in [3.8, 4) is 12.1 Å². The van der Waals surface area contributed by atoms with Crippen LogP contribution < -0.4 is 0 Å². The number of hydrogen-bond acceptors (Lipinski definition) is 4. The maximum atomic E-state index is 8.27. The van der Waals surface area contributed by atoms with Crippen LogP contribution in [0.5, 0.6) is 0 Å². The predicted molar refractivity (Wildman–Crippen MR) is 30.3 cm³/mol. The van der Waals surface area contributed by atoms with Crippen molar-refractivity contribution in [3.63, 3.8) is 0 Å². The van der Waals surface area contributed by atoms with E-state index in [-0.39, 0.29) is 12.2 Å². The summed E-state index contributed by atoms with van der Waals surface area (Å²) in [6, 6.07) is 3.67. The molecule has 0 amide bonds. The molecule has 0 saturated carbocycles. The molecule has 48 valence electrons. The van der Waals surface area contributed by atoms with E-state index in [0.29, 0.717) is 0 Å². The second kappa shape index (κ2) is 2.60. The minimum Gasteiger partial charge on any atom is -0.237 e. The standard InChI is InChI=1S/C5H3N5/c6-1-2-10-4-5(3-7)8-9-10/h4H,2H2. The highest BCUT2D eigenvalue weighted by Crippen LogP contribution is 1.87. The van der Waals surface area contributed by atoms with Crippen molar-refractivity contribution in [1.29, 1.82) is 10.5 Å². The van der Waals surface area contributed by atoms with Crippen LogP contribution in [-0.2, 0) is 6.54 Å². The second-order valence-corrected chi connectivity index (χ2v) is 1.57. The minimum absolute atomic E-state index is 0.134. The van der Waals surface area contributed by atoms with Gasteiger partial charge in [0.2, 0.25) is 0 Å². The molecule has 0 spiro atoms. The fourth-order valence-corrected chi connectivity index (χ4v) is 0.499. The van der Waals surface area contributed by atoms with Gasteiger partial charge in [-0.15, -0.1) is 5.10 Å². The van der Waals surface area contributed by atoms with Crippen LogP contribution in [0.4, 0.5) is 0 Å². The van der Waals surface area contributed by atoms with E-state index in [1.807, 2.05) is 6.07 Å². The van der Waals surface area contributed by atoms with Gasteiger partial charge in [-0.25, -0.2) is 4.68 Å². The third-order valence-electron chi connectivity index (χ3n) is 0.886. The topological polar surface area (TPSA) is 78.3 Å². The van der Waals surface area contributed by atoms with Crippen molar-refractivity contribution in [1.82, 2.24) is 15.0 Å². The van der Waals surface area contributed by atoms with Crippen LogP contribution >= 0.6 is 0 Å². The Morgan fingerprint density at radius 2 is 2.40 bits per heavy atom. The molecule has 0 bridgehead atoms. The molecule has 0 N–H and O–H groups in total. The molecule has 1 rings (SSSR count). The van der Waals surface area contributed by atoms with Crippen LogP contribution in [0.3, 0.4) is 0 Å². The fourth-order valence-electron chi connectivity index (χ4n) is 0.499. The molecule has 5 nitrogen and oxygen atoms in total. The number of nitrogens with zero attached hydrogens (tertiary/aromatic N) is 5. The Labute approximate surface area is 57.1 Å². The smallest absolute Gasteiger partial charge is 0.182 e. The fraction of sp³-hybridized carbons (Fsp3) is 0.200. The zero-order valence-corrected chi connectivity index (χ0v) is 5.02. The molecule has 1 heterocycles. The normalized spacial score (nSPS) is 8.20. The highest BCUT2D eigenvalue weighted by molar-refractivity contribution is 5.13. The Morgan fingerprint density at radius 1 is 1.60 bits per heavy atom. The maximum Gasteiger partial charge on any atom is 0.182 e. The summed E-state index contributed by atoms with van der Waals surface area (Å²) < 4.78 is 1.30. The van der Waals surface area contributed by atoms with Gasteiger partial charge in [-0.2, -0.15) is 10.5 Å². The highest BCUT2D eigenvalue weighted by Gasteiger charge is 1.95. The van der Waals surface area contributed by atoms with Crippen LogP contribution in [0.25, 0.3) is 0 Å². The van der Waals surface area contributed by atoms with Gasteiger partial charge < -0.3 is 0 Å². The van der Waals surface area contributed by atoms with Crippen LogP contribution in [-0.4, -0.2) is 15.0 Å². The van der Waals surface area contributed by atoms with E-state index >= 15 is 0 Å². The molecule has 1 aromatic rings. The molecule has 0 aliphatic heterocycles. The first-order chi connectivity index (χ1) is 4.86. The molecule has 0 unspecified atom stereocenters. The number of rotatable bonds is 1. The molecule has 10 heavy (non-hydrogen) atoms. The monoisotopic (exact) mass is 133 g/mol. The summed E-state index contributed by atoms with van der Waals surface area (Å²) >= 11 is 0. The summed E-state index contributed by atoms with van der Waals surface area (Å²) in [6.45, 7) is 0.134. The number of nitriles is 2. The van der Waals surface area contributed by atoms with Gasteiger partial charge in [0.05, 0.1) is 12.3 Å². The Kier molecular flexibility index (Phi) is 1.63. The van der Waals surface area contributed by atoms with Gasteiger partial charge in [-0.3, -0.25) is 0 Å². The highest BCUT2D eigenvalue weighted by atomic mass is 15.4. The Hall–Kier alpha value is -1.88. The van der Waals surface area contributed by atoms with E-state index in [4.69, 9.17) is 10.5 Å². The SMILES string of the molecule is N#CCn1cc(C#N)nn1. The van der Waals surface area contributed by atoms with Crippen LogP contribution in [0.15, 0.2) is 6.20 Å². The van der Waals surface area contributed by atoms with Crippen LogP contribution in [0.1, 0.15) is 5.69 Å². The first kappa shape index (κ1) is 6.24. The van der Waals surface area contributed by atoms with E-state index in [0.717, 1.165) is 0 Å². The predicted octanol–water partition coefficient (Wildman–Crippen LogP) is -0.327. The first-order valence-electron chi connectivity index (χ1n) is 2.54. The van der Waals surface area contributed by atoms with Crippen LogP contribution in [0, 0.1) is 22.7 Å². The second-order valence-electron chi connectivity index (χ2n) is 1.57. The van der Waals surface area contributed by atoms with E-state index in [9.17, 15) is 0 Å². The average molecular weight is 133 g/mol. The largest absolute Gasteiger partial charge is 0.237 e. The van der Waals surface area contributed by atoms with Crippen molar-refractivity contribution in [3.05, 3.63) is 11.9 Å². The van der Waals surface area contributed by atoms with Gasteiger partial charge in [-0.05, 0) is 0 Å². The lowest BCUT2D eigenvalue weighted by molar-refractivity contribution is 0.668. The molecule has 0 aromatic carbocycles. The van der Waals surface area contributed by atoms with Gasteiger partial charge in [0, 0.05) is 0 Å². The van der Waals surface area contributed by atoms with E-state index in [1.54, 1.807) is 6.07 Å². The summed E-state index contributed by atoms with van der Waals surface area (Å²) in [5.74, 6) is 0. The molecule has 0 saturated heterocycles. The molecular weight excluding hydrogens is 130 g/mol. The summed E-state index contributed by atoms with van der Waals surface area (Å²) in [5, 5.41) is 23.4. The van der Waals surface area contributed by atoms with Gasteiger partial charge in [-0.1, -0.05) is 5.21 Å². The molecule has 0 aliphatic rings. The lowest BCUT2D eigenvalue weighted by Gasteiger charge is -1.83. The van der Waals surface area contributed by atoms with Gasteiger partial charge in [0.1, 0.15) is 12.6 Å². The molecular formula is C5H3N5. The van der Waals surface area contributed by atoms with Crippen molar-refractivity contribution in [2.45, 2.75) is 6.54 Å². The van der Waals surface area contributed by atoms with Gasteiger partial charge >= 0.3 is 0 Å². The van der Waals surface area contributed by atoms with E-state index in [2.05, 4.69) is 10.3 Å². The Morgan fingerprint density at radius 3 is 2.90 bits per heavy atom. The third-order valence-corrected chi connectivity index (χ3v) is 0.886. The lowest BCUT2D eigenvalue weighted by atomic mass is 10.5. The molecule has 5 heteroatoms. The van der Waals surface area contributed by atoms with Crippen LogP contribution in [0.2, 0.25) is 0 Å². The number of hydrogen-bond donors (Lipinski definition) is 0. The van der Waals surface area contributed by atoms with E-state index in [1.165, 1.54) is 10.9 Å². The maximum absolute atomic E-state index is 8.27. The Bertz CT molecular complexity index is 299. The molecule has 0 radical (unpaired) electrons. The third kappa shape index (κ3) is 1.09. The molecule has 0 atom stereocenters. The first-order valence-corrected chi connectivity index (χ1v) is 2.54. The molecule has 0 fully saturated rings. The van der Waals surface area contributed by atoms with Crippen molar-refractivity contribution < 1.29 is 0 Å². The van der Waals surface area contributed by atoms with Crippen molar-refractivity contribution >= 4 is 0 Å². The summed E-state index contributed by atoms with van der Waals surface area (Å²) in [5.41, 5.74) is 0.232. The summed E-state index contributed by atoms with van der Waals surface area (Å²) in [6.07, 6.45) is 1.42. The summed E-state index contributed by atoms with van der Waals surface area (Å²) in [4.78, 5) is 0. The zero-order valence-electron chi connectivity index (χ0n) is 5.02. The van der Waals surface area contributed by atoms with Crippen molar-refractivity contribution in [2.75, 3.05) is 0 Å². The minimum atomic E-state index is 0.134. The van der Waals surface area contributed by atoms with Gasteiger partial charge in [0.15, 0.2) is 5.69 Å². The van der Waals surface area contributed by atoms with Crippen molar-refractivity contribution in [2.24, 2.45) is 0 Å². The molecule has 0 aliphatic carbocycles. The van der Waals surface area contributed by atoms with E-state index < -0.39 is 0 Å². The quantitative estimate of drug-likeness (QED) is 0.525. The Balaban J connectivity index is 2.83. The lowest BCUT2D eigenvalue weighted by Crippen LogP contribution is -1.94. The average Bonchev–Trinajstić information content (AvgIpc) is 2.37.